The summed E-state index contributed by atoms with van der Waals surface area (Å²) in [6.45, 7) is 5.06. The largest absolute Gasteiger partial charge is 0.506 e. The number of carbonyl (C=O) groups is 3. The Labute approximate surface area is 199 Å². The van der Waals surface area contributed by atoms with Gasteiger partial charge in [0.05, 0.1) is 5.69 Å². The number of hydrogen-bond donors (Lipinski definition) is 5. The summed E-state index contributed by atoms with van der Waals surface area (Å²) in [4.78, 5) is 54.2. The van der Waals surface area contributed by atoms with Crippen molar-refractivity contribution >= 4 is 34.3 Å². The van der Waals surface area contributed by atoms with E-state index < -0.39 is 58.7 Å². The molecule has 0 saturated heterocycles. The molecule has 0 radical (unpaired) electrons. The van der Waals surface area contributed by atoms with Gasteiger partial charge in [0.2, 0.25) is 5.88 Å². The summed E-state index contributed by atoms with van der Waals surface area (Å²) >= 11 is 1.14. The lowest BCUT2D eigenvalue weighted by atomic mass is 9.93. The van der Waals surface area contributed by atoms with Gasteiger partial charge in [0.25, 0.3) is 17.4 Å². The molecule has 2 aromatic heterocycles. The van der Waals surface area contributed by atoms with Crippen LogP contribution in [0.1, 0.15) is 85.3 Å². The van der Waals surface area contributed by atoms with Gasteiger partial charge in [0.1, 0.15) is 17.7 Å². The Morgan fingerprint density at radius 2 is 1.76 bits per heavy atom. The van der Waals surface area contributed by atoms with E-state index in [1.165, 1.54) is 0 Å². The molecule has 12 heteroatoms. The number of hydrogen-bond acceptors (Lipinski definition) is 8. The van der Waals surface area contributed by atoms with E-state index in [0.717, 1.165) is 40.9 Å². The summed E-state index contributed by atoms with van der Waals surface area (Å²) < 4.78 is 0.950. The highest BCUT2D eigenvalue weighted by Gasteiger charge is 2.33. The third kappa shape index (κ3) is 5.22. The van der Waals surface area contributed by atoms with Gasteiger partial charge >= 0.3 is 5.97 Å². The maximum atomic E-state index is 13.3. The Kier molecular flexibility index (Phi) is 7.29. The molecule has 3 rings (SSSR count). The number of carbonyl (C=O) groups excluding carboxylic acids is 2. The number of nitrogens with one attached hydrogen (secondary N) is 2. The third-order valence-electron chi connectivity index (χ3n) is 5.65. The number of thiazole rings is 1. The van der Waals surface area contributed by atoms with E-state index in [9.17, 15) is 29.4 Å². The molecule has 0 atom stereocenters. The van der Waals surface area contributed by atoms with Gasteiger partial charge in [-0.2, -0.15) is 0 Å². The summed E-state index contributed by atoms with van der Waals surface area (Å²) in [5.41, 5.74) is -1.95. The number of aromatic nitrogens is 2. The first-order valence-electron chi connectivity index (χ1n) is 10.9. The van der Waals surface area contributed by atoms with E-state index >= 15 is 0 Å². The number of nitrogens with zero attached hydrogens (tertiary/aromatic N) is 2. The quantitative estimate of drug-likeness (QED) is 0.409. The first kappa shape index (κ1) is 25.2. The summed E-state index contributed by atoms with van der Waals surface area (Å²) in [6.07, 6.45) is 3.60. The molecule has 2 aromatic rings. The zero-order valence-electron chi connectivity index (χ0n) is 19.2. The smallest absolute Gasteiger partial charge is 0.322 e. The molecule has 5 N–H and O–H groups in total. The standard InChI is InChI=1S/C22H28N4O7S/c1-22(2,3)12-10-34-21(24-12)25-18(31)15-16(29)14(17(30)23-9-13(27)28)19(32)26(20(15)33)11-7-5-4-6-8-11/h10-11,29,32H,4-9H2,1-3H3,(H,23,30)(H,27,28)(H,24,25,31). The van der Waals surface area contributed by atoms with Crippen LogP contribution >= 0.6 is 11.3 Å². The average Bonchev–Trinajstić information content (AvgIpc) is 3.22. The summed E-state index contributed by atoms with van der Waals surface area (Å²) in [5, 5.41) is 36.9. The van der Waals surface area contributed by atoms with E-state index in [1.54, 1.807) is 5.38 Å². The molecule has 2 heterocycles. The lowest BCUT2D eigenvalue weighted by Crippen LogP contribution is -2.36. The molecule has 184 valence electrons. The molecule has 0 aromatic carbocycles. The maximum Gasteiger partial charge on any atom is 0.322 e. The molecule has 1 fully saturated rings. The van der Waals surface area contributed by atoms with Crippen molar-refractivity contribution in [3.8, 4) is 11.6 Å². The van der Waals surface area contributed by atoms with Crippen molar-refractivity contribution in [1.82, 2.24) is 14.9 Å². The molecule has 11 nitrogen and oxygen atoms in total. The van der Waals surface area contributed by atoms with Gasteiger partial charge in [-0.1, -0.05) is 40.0 Å². The number of aromatic hydroxyl groups is 2. The highest BCUT2D eigenvalue weighted by Crippen LogP contribution is 2.35. The molecular formula is C22H28N4O7S. The average molecular weight is 493 g/mol. The Bertz CT molecular complexity index is 1170. The second-order valence-corrected chi connectivity index (χ2v) is 10.1. The predicted octanol–water partition coefficient (Wildman–Crippen LogP) is 2.59. The van der Waals surface area contributed by atoms with Crippen LogP contribution in [0.3, 0.4) is 0 Å². The van der Waals surface area contributed by atoms with Gasteiger partial charge in [-0.25, -0.2) is 4.98 Å². The van der Waals surface area contributed by atoms with Crippen molar-refractivity contribution in [2.75, 3.05) is 11.9 Å². The molecule has 2 amide bonds. The number of anilines is 1. The van der Waals surface area contributed by atoms with E-state index in [1.807, 2.05) is 26.1 Å². The van der Waals surface area contributed by atoms with Crippen LogP contribution in [-0.4, -0.2) is 49.2 Å². The number of pyridine rings is 1. The lowest BCUT2D eigenvalue weighted by molar-refractivity contribution is -0.135. The maximum absolute atomic E-state index is 13.3. The molecule has 0 bridgehead atoms. The van der Waals surface area contributed by atoms with E-state index in [2.05, 4.69) is 10.3 Å². The summed E-state index contributed by atoms with van der Waals surface area (Å²) in [5.74, 6) is -5.29. The molecule has 1 aliphatic rings. The second kappa shape index (κ2) is 9.84. The fourth-order valence-corrected chi connectivity index (χ4v) is 4.77. The minimum atomic E-state index is -1.34. The summed E-state index contributed by atoms with van der Waals surface area (Å²) in [7, 11) is 0. The van der Waals surface area contributed by atoms with Crippen LogP contribution in [0.4, 0.5) is 5.13 Å². The Balaban J connectivity index is 2.09. The predicted molar refractivity (Wildman–Crippen MR) is 125 cm³/mol. The van der Waals surface area contributed by atoms with Crippen molar-refractivity contribution in [2.45, 2.75) is 64.3 Å². The lowest BCUT2D eigenvalue weighted by Gasteiger charge is -2.26. The SMILES string of the molecule is CC(C)(C)c1csc(NC(=O)c2c(O)c(C(=O)NCC(=O)O)c(O)n(C3CCCCC3)c2=O)n1. The van der Waals surface area contributed by atoms with Gasteiger partial charge in [-0.3, -0.25) is 29.1 Å². The number of aliphatic carboxylic acids is 1. The molecular weight excluding hydrogens is 464 g/mol. The van der Waals surface area contributed by atoms with Gasteiger partial charge in [-0.05, 0) is 12.8 Å². The Morgan fingerprint density at radius 1 is 1.12 bits per heavy atom. The number of rotatable bonds is 6. The zero-order valence-corrected chi connectivity index (χ0v) is 20.0. The Morgan fingerprint density at radius 3 is 2.32 bits per heavy atom. The van der Waals surface area contributed by atoms with Crippen molar-refractivity contribution in [1.29, 1.82) is 0 Å². The molecule has 1 saturated carbocycles. The van der Waals surface area contributed by atoms with Crippen molar-refractivity contribution in [3.63, 3.8) is 0 Å². The van der Waals surface area contributed by atoms with Crippen LogP contribution in [0.5, 0.6) is 11.6 Å². The van der Waals surface area contributed by atoms with E-state index in [-0.39, 0.29) is 10.5 Å². The first-order valence-corrected chi connectivity index (χ1v) is 11.8. The van der Waals surface area contributed by atoms with Gasteiger partial charge in [0.15, 0.2) is 10.9 Å². The van der Waals surface area contributed by atoms with E-state index in [0.29, 0.717) is 12.8 Å². The monoisotopic (exact) mass is 492 g/mol. The molecule has 1 aliphatic carbocycles. The zero-order chi connectivity index (χ0) is 25.2. The third-order valence-corrected chi connectivity index (χ3v) is 6.40. The fourth-order valence-electron chi connectivity index (χ4n) is 3.84. The van der Waals surface area contributed by atoms with Crippen LogP contribution in [0, 0.1) is 0 Å². The van der Waals surface area contributed by atoms with Crippen LogP contribution < -0.4 is 16.2 Å². The van der Waals surface area contributed by atoms with Crippen molar-refractivity contribution in [2.24, 2.45) is 0 Å². The second-order valence-electron chi connectivity index (χ2n) is 9.21. The molecule has 0 unspecified atom stereocenters. The topological polar surface area (TPSA) is 171 Å². The fraction of sp³-hybridized carbons (Fsp3) is 0.500. The number of carboxylic acids is 1. The highest BCUT2D eigenvalue weighted by molar-refractivity contribution is 7.14. The van der Waals surface area contributed by atoms with E-state index in [4.69, 9.17) is 5.11 Å². The normalized spacial score (nSPS) is 14.6. The minimum Gasteiger partial charge on any atom is -0.506 e. The van der Waals surface area contributed by atoms with Crippen LogP contribution in [-0.2, 0) is 10.2 Å². The molecule has 0 aliphatic heterocycles. The van der Waals surface area contributed by atoms with Crippen molar-refractivity contribution < 1.29 is 29.7 Å². The summed E-state index contributed by atoms with van der Waals surface area (Å²) in [6, 6.07) is -0.480. The first-order chi connectivity index (χ1) is 15.9. The Hall–Kier alpha value is -3.41. The van der Waals surface area contributed by atoms with Gasteiger partial charge in [-0.15, -0.1) is 11.3 Å². The highest BCUT2D eigenvalue weighted by atomic mass is 32.1. The van der Waals surface area contributed by atoms with Crippen LogP contribution in [0.2, 0.25) is 0 Å². The number of carboxylic acid groups (broad SMARTS) is 1. The van der Waals surface area contributed by atoms with Crippen LogP contribution in [0.25, 0.3) is 0 Å². The molecule has 0 spiro atoms. The van der Waals surface area contributed by atoms with Gasteiger partial charge in [0, 0.05) is 16.8 Å². The van der Waals surface area contributed by atoms with Crippen molar-refractivity contribution in [3.05, 3.63) is 32.6 Å². The van der Waals surface area contributed by atoms with Gasteiger partial charge < -0.3 is 20.6 Å². The van der Waals surface area contributed by atoms with Crippen LogP contribution in [0.15, 0.2) is 10.2 Å². The minimum absolute atomic E-state index is 0.197. The number of amides is 2. The molecule has 34 heavy (non-hydrogen) atoms.